The monoisotopic (exact) mass is 274 g/mol. The Labute approximate surface area is 122 Å². The summed E-state index contributed by atoms with van der Waals surface area (Å²) in [5.41, 5.74) is 0.861. The molecular weight excluding hydrogens is 251 g/mol. The number of hydrogen-bond donors (Lipinski definition) is 0. The van der Waals surface area contributed by atoms with E-state index in [0.717, 1.165) is 6.32 Å². The van der Waals surface area contributed by atoms with Crippen LogP contribution >= 0.6 is 0 Å². The maximum absolute atomic E-state index is 12.2. The molecule has 1 rings (SSSR count). The average molecular weight is 274 g/mol. The van der Waals surface area contributed by atoms with E-state index in [1.165, 1.54) is 0 Å². The molecule has 0 aliphatic heterocycles. The van der Waals surface area contributed by atoms with Crippen molar-refractivity contribution < 1.29 is 14.3 Å². The molecule has 0 atom stereocenters. The lowest BCUT2D eigenvalue weighted by molar-refractivity contribution is 0.0457. The summed E-state index contributed by atoms with van der Waals surface area (Å²) >= 11 is 0. The van der Waals surface area contributed by atoms with Gasteiger partial charge in [0, 0.05) is 5.56 Å². The number of esters is 1. The van der Waals surface area contributed by atoms with Crippen LogP contribution in [0.4, 0.5) is 0 Å². The van der Waals surface area contributed by atoms with E-state index < -0.39 is 5.97 Å². The summed E-state index contributed by atoms with van der Waals surface area (Å²) < 4.78 is 5.21. The van der Waals surface area contributed by atoms with Gasteiger partial charge in [-0.1, -0.05) is 58.1 Å². The topological polar surface area (TPSA) is 43.4 Å². The fraction of sp³-hybridized carbons (Fsp3) is 0.500. The van der Waals surface area contributed by atoms with E-state index in [9.17, 15) is 9.59 Å². The Kier molecular flexibility index (Phi) is 6.49. The molecule has 0 N–H and O–H groups in total. The summed E-state index contributed by atoms with van der Waals surface area (Å²) in [6, 6.07) is 6.90. The van der Waals surface area contributed by atoms with Crippen molar-refractivity contribution in [1.29, 1.82) is 0 Å². The van der Waals surface area contributed by atoms with Crippen molar-refractivity contribution >= 4 is 18.9 Å². The lowest BCUT2D eigenvalue weighted by Crippen LogP contribution is -2.18. The van der Waals surface area contributed by atoms with Gasteiger partial charge < -0.3 is 9.53 Å². The zero-order chi connectivity index (χ0) is 15.1. The number of hydrogen-bond acceptors (Lipinski definition) is 3. The largest absolute Gasteiger partial charge is 0.462 e. The minimum absolute atomic E-state index is 0.01000. The van der Waals surface area contributed by atoms with Crippen LogP contribution in [-0.2, 0) is 4.74 Å². The van der Waals surface area contributed by atoms with E-state index in [2.05, 4.69) is 13.8 Å². The second kappa shape index (κ2) is 7.88. The van der Waals surface area contributed by atoms with Crippen molar-refractivity contribution in [1.82, 2.24) is 0 Å². The molecule has 0 heterocycles. The Balaban J connectivity index is 2.82. The minimum atomic E-state index is -0.410. The number of carbonyl (C=O) groups excluding carboxylic acids is 2. The summed E-state index contributed by atoms with van der Waals surface area (Å²) in [4.78, 5) is 24.2. The predicted molar refractivity (Wildman–Crippen MR) is 82.7 cm³/mol. The molecule has 3 nitrogen and oxygen atoms in total. The highest BCUT2D eigenvalue weighted by molar-refractivity contribution is 6.77. The first-order valence-electron chi connectivity index (χ1n) is 7.21. The molecule has 1 aromatic carbocycles. The van der Waals surface area contributed by atoms with Crippen LogP contribution in [0, 0.1) is 11.8 Å². The van der Waals surface area contributed by atoms with E-state index >= 15 is 0 Å². The second-order valence-electron chi connectivity index (χ2n) is 5.89. The Morgan fingerprint density at radius 1 is 1.05 bits per heavy atom. The number of carbonyl (C=O) groups is 2. The molecule has 0 unspecified atom stereocenters. The fourth-order valence-electron chi connectivity index (χ4n) is 1.78. The van der Waals surface area contributed by atoms with Crippen LogP contribution in [0.25, 0.3) is 0 Å². The van der Waals surface area contributed by atoms with Crippen molar-refractivity contribution in [2.75, 3.05) is 6.61 Å². The lowest BCUT2D eigenvalue weighted by Gasteiger charge is -2.10. The molecule has 0 fully saturated rings. The first-order valence-corrected chi connectivity index (χ1v) is 7.21. The predicted octanol–water partition coefficient (Wildman–Crippen LogP) is 3.15. The maximum atomic E-state index is 12.2. The first-order chi connectivity index (χ1) is 9.41. The van der Waals surface area contributed by atoms with Crippen LogP contribution < -0.4 is 0 Å². The van der Waals surface area contributed by atoms with Gasteiger partial charge in [-0.15, -0.1) is 0 Å². The molecule has 0 saturated heterocycles. The summed E-state index contributed by atoms with van der Waals surface area (Å²) in [5.74, 6) is 0.342. The molecule has 0 bridgehead atoms. The van der Waals surface area contributed by atoms with Gasteiger partial charge in [-0.25, -0.2) is 4.79 Å². The highest BCUT2D eigenvalue weighted by Gasteiger charge is 2.18. The van der Waals surface area contributed by atoms with Crippen molar-refractivity contribution in [3.8, 4) is 0 Å². The SMILES string of the molecule is CC(C)CBC(=O)c1ccccc1C(=O)OCC(C)C. The molecule has 0 saturated carbocycles. The normalized spacial score (nSPS) is 10.7. The summed E-state index contributed by atoms with van der Waals surface area (Å²) in [7, 11) is 0.464. The van der Waals surface area contributed by atoms with Gasteiger partial charge in [0.05, 0.1) is 12.2 Å². The molecule has 108 valence electrons. The zero-order valence-electron chi connectivity index (χ0n) is 12.8. The summed E-state index contributed by atoms with van der Waals surface area (Å²) in [6.07, 6.45) is 0.828. The Hall–Kier alpha value is -1.58. The molecular formula is C16H23BO3. The van der Waals surface area contributed by atoms with E-state index in [1.807, 2.05) is 13.8 Å². The number of rotatable bonds is 7. The van der Waals surface area contributed by atoms with Crippen molar-refractivity contribution in [2.45, 2.75) is 34.0 Å². The van der Waals surface area contributed by atoms with Crippen LogP contribution in [0.15, 0.2) is 24.3 Å². The van der Waals surface area contributed by atoms with E-state index in [4.69, 9.17) is 4.74 Å². The summed E-state index contributed by atoms with van der Waals surface area (Å²) in [6.45, 7) is 8.49. The Morgan fingerprint density at radius 2 is 1.65 bits per heavy atom. The highest BCUT2D eigenvalue weighted by atomic mass is 16.5. The smallest absolute Gasteiger partial charge is 0.338 e. The van der Waals surface area contributed by atoms with Gasteiger partial charge in [-0.2, -0.15) is 0 Å². The van der Waals surface area contributed by atoms with E-state index in [0.29, 0.717) is 30.9 Å². The van der Waals surface area contributed by atoms with Crippen molar-refractivity contribution in [3.05, 3.63) is 35.4 Å². The lowest BCUT2D eigenvalue weighted by atomic mass is 9.64. The molecule has 0 amide bonds. The van der Waals surface area contributed by atoms with E-state index in [1.54, 1.807) is 24.3 Å². The van der Waals surface area contributed by atoms with Crippen LogP contribution in [-0.4, -0.2) is 25.5 Å². The van der Waals surface area contributed by atoms with E-state index in [-0.39, 0.29) is 11.6 Å². The quantitative estimate of drug-likeness (QED) is 0.566. The molecule has 0 aromatic heterocycles. The van der Waals surface area contributed by atoms with Crippen LogP contribution in [0.5, 0.6) is 0 Å². The molecule has 1 aromatic rings. The number of ether oxygens (including phenoxy) is 1. The van der Waals surface area contributed by atoms with Crippen molar-refractivity contribution in [2.24, 2.45) is 11.8 Å². The standard InChI is InChI=1S/C16H23BO3/c1-11(2)9-17-15(18)13-7-5-6-8-14(13)16(19)20-10-12(3)4/h5-8,11-12,17H,9-10H2,1-4H3. The third-order valence-corrected chi connectivity index (χ3v) is 2.94. The van der Waals surface area contributed by atoms with Gasteiger partial charge in [0.15, 0.2) is 0 Å². The Morgan fingerprint density at radius 3 is 2.20 bits per heavy atom. The van der Waals surface area contributed by atoms with Crippen LogP contribution in [0.1, 0.15) is 48.4 Å². The molecule has 20 heavy (non-hydrogen) atoms. The Bertz CT molecular complexity index is 424. The van der Waals surface area contributed by atoms with Gasteiger partial charge in [0.2, 0.25) is 7.28 Å². The van der Waals surface area contributed by atoms with Gasteiger partial charge in [-0.3, -0.25) is 0 Å². The maximum Gasteiger partial charge on any atom is 0.338 e. The molecule has 0 aliphatic rings. The second-order valence-corrected chi connectivity index (χ2v) is 5.89. The van der Waals surface area contributed by atoms with Crippen molar-refractivity contribution in [3.63, 3.8) is 0 Å². The minimum Gasteiger partial charge on any atom is -0.462 e. The van der Waals surface area contributed by atoms with Gasteiger partial charge in [0.25, 0.3) is 0 Å². The van der Waals surface area contributed by atoms with Crippen LogP contribution in [0.3, 0.4) is 0 Å². The van der Waals surface area contributed by atoms with Crippen LogP contribution in [0.2, 0.25) is 6.32 Å². The van der Waals surface area contributed by atoms with Gasteiger partial charge in [0.1, 0.15) is 5.68 Å². The number of benzene rings is 1. The fourth-order valence-corrected chi connectivity index (χ4v) is 1.78. The molecule has 4 heteroatoms. The molecule has 0 spiro atoms. The molecule has 0 radical (unpaired) electrons. The van der Waals surface area contributed by atoms with Gasteiger partial charge in [-0.05, 0) is 12.0 Å². The highest BCUT2D eigenvalue weighted by Crippen LogP contribution is 2.13. The molecule has 0 aliphatic carbocycles. The third kappa shape index (κ3) is 5.20. The van der Waals surface area contributed by atoms with Gasteiger partial charge >= 0.3 is 5.97 Å². The summed E-state index contributed by atoms with van der Waals surface area (Å²) in [5, 5.41) is 0. The average Bonchev–Trinajstić information content (AvgIpc) is 2.42. The zero-order valence-corrected chi connectivity index (χ0v) is 12.8. The first kappa shape index (κ1) is 16.5. The third-order valence-electron chi connectivity index (χ3n) is 2.94.